The molecule has 1 fully saturated rings. The van der Waals surface area contributed by atoms with Crippen LogP contribution in [-0.2, 0) is 15.9 Å². The highest BCUT2D eigenvalue weighted by Gasteiger charge is 2.52. The number of nitrogens with zero attached hydrogens (tertiary/aromatic N) is 2. The second-order valence-corrected chi connectivity index (χ2v) is 5.62. The topological polar surface area (TPSA) is 75.4 Å². The van der Waals surface area contributed by atoms with Crippen LogP contribution >= 0.6 is 0 Å². The average Bonchev–Trinajstić information content (AvgIpc) is 2.57. The van der Waals surface area contributed by atoms with Crippen LogP contribution in [0.4, 0.5) is 0 Å². The van der Waals surface area contributed by atoms with E-state index in [9.17, 15) is 5.11 Å². The molecule has 1 saturated heterocycles. The van der Waals surface area contributed by atoms with Crippen molar-refractivity contribution in [1.29, 1.82) is 5.26 Å². The maximum Gasteiger partial charge on any atom is 0.496 e. The van der Waals surface area contributed by atoms with E-state index in [1.807, 2.05) is 33.8 Å². The number of aromatic nitrogens is 1. The van der Waals surface area contributed by atoms with E-state index in [-0.39, 0.29) is 6.61 Å². The third-order valence-corrected chi connectivity index (χ3v) is 3.79. The molecule has 2 rings (SSSR count). The molecule has 5 nitrogen and oxygen atoms in total. The maximum atomic E-state index is 9.35. The van der Waals surface area contributed by atoms with Crippen LogP contribution in [0.15, 0.2) is 12.3 Å². The van der Waals surface area contributed by atoms with Crippen LogP contribution in [0.1, 0.15) is 39.0 Å². The normalized spacial score (nSPS) is 20.3. The zero-order valence-electron chi connectivity index (χ0n) is 11.6. The molecule has 1 N–H and O–H groups in total. The first-order valence-electron chi connectivity index (χ1n) is 6.16. The Morgan fingerprint density at radius 1 is 1.32 bits per heavy atom. The molecule has 0 bridgehead atoms. The van der Waals surface area contributed by atoms with Gasteiger partial charge in [0.15, 0.2) is 0 Å². The van der Waals surface area contributed by atoms with Crippen LogP contribution in [-0.4, -0.2) is 28.4 Å². The Labute approximate surface area is 113 Å². The Morgan fingerprint density at radius 3 is 2.37 bits per heavy atom. The Hall–Kier alpha value is -1.42. The Kier molecular flexibility index (Phi) is 3.39. The monoisotopic (exact) mass is 260 g/mol. The summed E-state index contributed by atoms with van der Waals surface area (Å²) in [6.07, 6.45) is 1.43. The van der Waals surface area contributed by atoms with E-state index >= 15 is 0 Å². The van der Waals surface area contributed by atoms with Gasteiger partial charge in [0.05, 0.1) is 29.1 Å². The van der Waals surface area contributed by atoms with Gasteiger partial charge in [-0.2, -0.15) is 5.26 Å². The standard InChI is InChI=1S/C13H17BN2O3/c1-12(2)13(3,4)19-14(18-12)10-5-9(6-15)7-16-11(10)8-17/h5,7,17H,8H2,1-4H3. The van der Waals surface area contributed by atoms with Gasteiger partial charge in [0.25, 0.3) is 0 Å². The molecule has 0 aliphatic carbocycles. The van der Waals surface area contributed by atoms with Crippen molar-refractivity contribution < 1.29 is 14.4 Å². The molecule has 1 aliphatic heterocycles. The van der Waals surface area contributed by atoms with E-state index in [1.54, 1.807) is 6.07 Å². The van der Waals surface area contributed by atoms with E-state index in [1.165, 1.54) is 6.20 Å². The van der Waals surface area contributed by atoms with E-state index < -0.39 is 18.3 Å². The fourth-order valence-electron chi connectivity index (χ4n) is 1.88. The van der Waals surface area contributed by atoms with Crippen molar-refractivity contribution >= 4 is 12.6 Å². The maximum absolute atomic E-state index is 9.35. The summed E-state index contributed by atoms with van der Waals surface area (Å²) in [7, 11) is -0.618. The molecule has 0 amide bonds. The minimum absolute atomic E-state index is 0.217. The second-order valence-electron chi connectivity index (χ2n) is 5.62. The van der Waals surface area contributed by atoms with Crippen molar-refractivity contribution in [2.45, 2.75) is 45.5 Å². The van der Waals surface area contributed by atoms with Gasteiger partial charge in [-0.1, -0.05) is 0 Å². The van der Waals surface area contributed by atoms with Crippen molar-refractivity contribution in [3.05, 3.63) is 23.5 Å². The fraction of sp³-hybridized carbons (Fsp3) is 0.538. The minimum atomic E-state index is -0.618. The molecule has 0 unspecified atom stereocenters. The molecule has 6 heteroatoms. The van der Waals surface area contributed by atoms with Gasteiger partial charge in [-0.05, 0) is 33.8 Å². The van der Waals surface area contributed by atoms with Gasteiger partial charge in [0, 0.05) is 11.7 Å². The van der Waals surface area contributed by atoms with Gasteiger partial charge in [-0.3, -0.25) is 4.98 Å². The van der Waals surface area contributed by atoms with Crippen LogP contribution < -0.4 is 5.46 Å². The van der Waals surface area contributed by atoms with Gasteiger partial charge < -0.3 is 14.4 Å². The molecule has 0 aromatic carbocycles. The molecule has 0 radical (unpaired) electrons. The molecule has 0 atom stereocenters. The van der Waals surface area contributed by atoms with Crippen molar-refractivity contribution in [2.24, 2.45) is 0 Å². The van der Waals surface area contributed by atoms with Crippen molar-refractivity contribution in [3.8, 4) is 6.07 Å². The molecule has 1 aliphatic rings. The Balaban J connectivity index is 2.41. The molecule has 19 heavy (non-hydrogen) atoms. The van der Waals surface area contributed by atoms with E-state index in [2.05, 4.69) is 4.98 Å². The van der Waals surface area contributed by atoms with Gasteiger partial charge in [0.1, 0.15) is 6.07 Å². The van der Waals surface area contributed by atoms with Crippen molar-refractivity contribution in [1.82, 2.24) is 4.98 Å². The number of aliphatic hydroxyl groups excluding tert-OH is 1. The van der Waals surface area contributed by atoms with Gasteiger partial charge in [-0.25, -0.2) is 0 Å². The molecule has 2 heterocycles. The number of rotatable bonds is 2. The SMILES string of the molecule is CC1(C)OB(c2cc(C#N)cnc2CO)OC1(C)C. The molecule has 0 spiro atoms. The lowest BCUT2D eigenvalue weighted by molar-refractivity contribution is 0.00578. The van der Waals surface area contributed by atoms with Gasteiger partial charge >= 0.3 is 7.12 Å². The van der Waals surface area contributed by atoms with Crippen LogP contribution in [0, 0.1) is 11.3 Å². The lowest BCUT2D eigenvalue weighted by atomic mass is 9.77. The molecular formula is C13H17BN2O3. The van der Waals surface area contributed by atoms with Crippen LogP contribution in [0.5, 0.6) is 0 Å². The molecule has 0 saturated carbocycles. The Morgan fingerprint density at radius 2 is 1.89 bits per heavy atom. The average molecular weight is 260 g/mol. The van der Waals surface area contributed by atoms with Gasteiger partial charge in [0.2, 0.25) is 0 Å². The molecular weight excluding hydrogens is 243 g/mol. The molecule has 100 valence electrons. The lowest BCUT2D eigenvalue weighted by Gasteiger charge is -2.32. The summed E-state index contributed by atoms with van der Waals surface area (Å²) >= 11 is 0. The predicted molar refractivity (Wildman–Crippen MR) is 70.6 cm³/mol. The highest BCUT2D eigenvalue weighted by atomic mass is 16.7. The summed E-state index contributed by atoms with van der Waals surface area (Å²) in [4.78, 5) is 4.08. The van der Waals surface area contributed by atoms with E-state index in [4.69, 9.17) is 14.6 Å². The third kappa shape index (κ3) is 2.37. The second kappa shape index (κ2) is 4.60. The minimum Gasteiger partial charge on any atom is -0.399 e. The number of nitriles is 1. The predicted octanol–water partition coefficient (Wildman–Crippen LogP) is 0.745. The number of hydrogen-bond acceptors (Lipinski definition) is 5. The van der Waals surface area contributed by atoms with Crippen molar-refractivity contribution in [3.63, 3.8) is 0 Å². The number of aliphatic hydroxyl groups is 1. The summed E-state index contributed by atoms with van der Waals surface area (Å²) < 4.78 is 11.8. The fourth-order valence-corrected chi connectivity index (χ4v) is 1.88. The lowest BCUT2D eigenvalue weighted by Crippen LogP contribution is -2.41. The van der Waals surface area contributed by atoms with Crippen molar-refractivity contribution in [2.75, 3.05) is 0 Å². The summed E-state index contributed by atoms with van der Waals surface area (Å²) in [6.45, 7) is 7.59. The zero-order chi connectivity index (χ0) is 14.3. The quantitative estimate of drug-likeness (QED) is 0.794. The third-order valence-electron chi connectivity index (χ3n) is 3.79. The highest BCUT2D eigenvalue weighted by molar-refractivity contribution is 6.62. The number of hydrogen-bond donors (Lipinski definition) is 1. The smallest absolute Gasteiger partial charge is 0.399 e. The summed E-state index contributed by atoms with van der Waals surface area (Å²) in [6, 6.07) is 3.68. The van der Waals surface area contributed by atoms with Crippen LogP contribution in [0.2, 0.25) is 0 Å². The summed E-state index contributed by atoms with van der Waals surface area (Å²) in [5.74, 6) is 0. The van der Waals surface area contributed by atoms with E-state index in [0.717, 1.165) is 0 Å². The van der Waals surface area contributed by atoms with Gasteiger partial charge in [-0.15, -0.1) is 0 Å². The molecule has 1 aromatic rings. The molecule has 1 aromatic heterocycles. The Bertz CT molecular complexity index is 521. The number of pyridine rings is 1. The first-order chi connectivity index (χ1) is 8.80. The van der Waals surface area contributed by atoms with Crippen LogP contribution in [0.25, 0.3) is 0 Å². The summed E-state index contributed by atoms with van der Waals surface area (Å²) in [5.41, 5.74) is 0.569. The zero-order valence-corrected chi connectivity index (χ0v) is 11.6. The van der Waals surface area contributed by atoms with Crippen LogP contribution in [0.3, 0.4) is 0 Å². The first-order valence-corrected chi connectivity index (χ1v) is 6.16. The first kappa shape index (κ1) is 14.0. The highest BCUT2D eigenvalue weighted by Crippen LogP contribution is 2.36. The summed E-state index contributed by atoms with van der Waals surface area (Å²) in [5, 5.41) is 18.3. The van der Waals surface area contributed by atoms with E-state index in [0.29, 0.717) is 16.7 Å². The largest absolute Gasteiger partial charge is 0.496 e.